The second-order valence-electron chi connectivity index (χ2n) is 8.98. The fourth-order valence-corrected chi connectivity index (χ4v) is 3.50. The minimum absolute atomic E-state index is 0.125. The summed E-state index contributed by atoms with van der Waals surface area (Å²) in [5.74, 6) is -0.148. The van der Waals surface area contributed by atoms with Gasteiger partial charge in [0.15, 0.2) is 0 Å². The van der Waals surface area contributed by atoms with Crippen molar-refractivity contribution in [2.24, 2.45) is 0 Å². The molecule has 2 aromatic carbocycles. The van der Waals surface area contributed by atoms with Crippen LogP contribution in [0.1, 0.15) is 50.5 Å². The first-order valence-electron chi connectivity index (χ1n) is 10.2. The van der Waals surface area contributed by atoms with Gasteiger partial charge in [-0.2, -0.15) is 0 Å². The van der Waals surface area contributed by atoms with Crippen LogP contribution in [0.15, 0.2) is 54.6 Å². The van der Waals surface area contributed by atoms with Crippen molar-refractivity contribution < 1.29 is 19.1 Å². The van der Waals surface area contributed by atoms with Crippen molar-refractivity contribution in [2.75, 3.05) is 11.9 Å². The van der Waals surface area contributed by atoms with E-state index in [1.165, 1.54) is 0 Å². The Morgan fingerprint density at radius 3 is 2.33 bits per heavy atom. The molecule has 0 bridgehead atoms. The lowest BCUT2D eigenvalue weighted by Crippen LogP contribution is -2.50. The topological polar surface area (TPSA) is 67.9 Å². The van der Waals surface area contributed by atoms with Crippen molar-refractivity contribution in [2.45, 2.75) is 58.4 Å². The Morgan fingerprint density at radius 1 is 1.10 bits per heavy atom. The molecule has 0 aliphatic carbocycles. The highest BCUT2D eigenvalue weighted by atomic mass is 16.6. The van der Waals surface area contributed by atoms with Crippen LogP contribution in [0.3, 0.4) is 0 Å². The minimum Gasteiger partial charge on any atom is -0.444 e. The first-order valence-corrected chi connectivity index (χ1v) is 10.2. The molecule has 6 nitrogen and oxygen atoms in total. The van der Waals surface area contributed by atoms with E-state index < -0.39 is 11.3 Å². The number of ether oxygens (including phenoxy) is 2. The van der Waals surface area contributed by atoms with Gasteiger partial charge in [-0.25, -0.2) is 4.79 Å². The van der Waals surface area contributed by atoms with Crippen molar-refractivity contribution >= 4 is 17.7 Å². The monoisotopic (exact) mass is 410 g/mol. The van der Waals surface area contributed by atoms with Gasteiger partial charge in [0, 0.05) is 11.3 Å². The molecule has 3 rings (SSSR count). The lowest BCUT2D eigenvalue weighted by atomic mass is 10.0. The van der Waals surface area contributed by atoms with E-state index in [4.69, 9.17) is 9.47 Å². The smallest absolute Gasteiger partial charge is 0.412 e. The second-order valence-corrected chi connectivity index (χ2v) is 8.98. The molecule has 2 aromatic rings. The molecule has 0 radical (unpaired) electrons. The van der Waals surface area contributed by atoms with Gasteiger partial charge in [-0.15, -0.1) is 0 Å². The highest BCUT2D eigenvalue weighted by Gasteiger charge is 2.45. The first kappa shape index (κ1) is 21.8. The van der Waals surface area contributed by atoms with Crippen molar-refractivity contribution in [3.05, 3.63) is 65.7 Å². The molecule has 1 heterocycles. The molecule has 6 heteroatoms. The molecular weight excluding hydrogens is 380 g/mol. The summed E-state index contributed by atoms with van der Waals surface area (Å²) in [6.45, 7) is 9.75. The summed E-state index contributed by atoms with van der Waals surface area (Å²) in [6.07, 6.45) is 0.261. The number of amides is 2. The summed E-state index contributed by atoms with van der Waals surface area (Å²) in [7, 11) is 0. The average Bonchev–Trinajstić information content (AvgIpc) is 2.96. The van der Waals surface area contributed by atoms with Crippen molar-refractivity contribution in [1.82, 2.24) is 4.90 Å². The third kappa shape index (κ3) is 5.39. The van der Waals surface area contributed by atoms with Crippen LogP contribution >= 0.6 is 0 Å². The number of rotatable bonds is 4. The quantitative estimate of drug-likeness (QED) is 0.782. The Labute approximate surface area is 178 Å². The standard InChI is InChI=1S/C24H30N2O4/c1-23(2,3)30-22(28)26-20(16-29-24(26,4)5)15-17-11-13-19(14-12-17)25-21(27)18-9-7-6-8-10-18/h6-14,20H,15-16H2,1-5H3,(H,25,27)/t20-/m0/s1. The summed E-state index contributed by atoms with van der Waals surface area (Å²) in [5, 5.41) is 2.90. The van der Waals surface area contributed by atoms with Gasteiger partial charge in [0.05, 0.1) is 12.6 Å². The SMILES string of the molecule is CC(C)(C)OC(=O)N1[C@@H](Cc2ccc(NC(=O)c3ccccc3)cc2)COC1(C)C. The normalized spacial score (nSPS) is 18.2. The third-order valence-corrected chi connectivity index (χ3v) is 4.88. The highest BCUT2D eigenvalue weighted by Crippen LogP contribution is 2.31. The number of carbonyl (C=O) groups is 2. The fourth-order valence-electron chi connectivity index (χ4n) is 3.50. The van der Waals surface area contributed by atoms with E-state index in [9.17, 15) is 9.59 Å². The molecule has 0 unspecified atom stereocenters. The maximum absolute atomic E-state index is 12.8. The Morgan fingerprint density at radius 2 is 1.73 bits per heavy atom. The number of hydrogen-bond donors (Lipinski definition) is 1. The molecule has 1 atom stereocenters. The van der Waals surface area contributed by atoms with E-state index in [-0.39, 0.29) is 18.0 Å². The summed E-state index contributed by atoms with van der Waals surface area (Å²) in [6, 6.07) is 16.6. The van der Waals surface area contributed by atoms with Crippen LogP contribution in [-0.2, 0) is 15.9 Å². The summed E-state index contributed by atoms with van der Waals surface area (Å²) in [5.41, 5.74) is 1.09. The van der Waals surface area contributed by atoms with Crippen LogP contribution in [0.2, 0.25) is 0 Å². The molecule has 160 valence electrons. The zero-order valence-corrected chi connectivity index (χ0v) is 18.3. The number of benzene rings is 2. The maximum atomic E-state index is 12.8. The van der Waals surface area contributed by atoms with Crippen LogP contribution < -0.4 is 5.32 Å². The van der Waals surface area contributed by atoms with Gasteiger partial charge in [0.25, 0.3) is 5.91 Å². The van der Waals surface area contributed by atoms with Crippen LogP contribution in [0.4, 0.5) is 10.5 Å². The van der Waals surface area contributed by atoms with Crippen molar-refractivity contribution in [3.8, 4) is 0 Å². The van der Waals surface area contributed by atoms with Crippen LogP contribution in [0.25, 0.3) is 0 Å². The van der Waals surface area contributed by atoms with Crippen molar-refractivity contribution in [3.63, 3.8) is 0 Å². The average molecular weight is 411 g/mol. The lowest BCUT2D eigenvalue weighted by molar-refractivity contribution is -0.0624. The van der Waals surface area contributed by atoms with Crippen molar-refractivity contribution in [1.29, 1.82) is 0 Å². The molecule has 1 aliphatic rings. The highest BCUT2D eigenvalue weighted by molar-refractivity contribution is 6.04. The largest absolute Gasteiger partial charge is 0.444 e. The number of nitrogens with zero attached hydrogens (tertiary/aromatic N) is 1. The zero-order chi connectivity index (χ0) is 21.9. The van der Waals surface area contributed by atoms with Crippen LogP contribution in [0.5, 0.6) is 0 Å². The molecule has 1 fully saturated rings. The molecule has 0 spiro atoms. The third-order valence-electron chi connectivity index (χ3n) is 4.88. The Balaban J connectivity index is 1.66. The van der Waals surface area contributed by atoms with E-state index in [1.54, 1.807) is 17.0 Å². The number of nitrogens with one attached hydrogen (secondary N) is 1. The zero-order valence-electron chi connectivity index (χ0n) is 18.3. The Kier molecular flexibility index (Phi) is 6.17. The lowest BCUT2D eigenvalue weighted by Gasteiger charge is -2.35. The summed E-state index contributed by atoms with van der Waals surface area (Å²) in [4.78, 5) is 26.7. The van der Waals surface area contributed by atoms with E-state index in [2.05, 4.69) is 5.32 Å². The fraction of sp³-hybridized carbons (Fsp3) is 0.417. The number of carbonyl (C=O) groups excluding carboxylic acids is 2. The Hall–Kier alpha value is -2.86. The van der Waals surface area contributed by atoms with Gasteiger partial charge in [0.2, 0.25) is 0 Å². The summed E-state index contributed by atoms with van der Waals surface area (Å²) >= 11 is 0. The molecule has 2 amide bonds. The molecule has 1 N–H and O–H groups in total. The van der Waals surface area contributed by atoms with Gasteiger partial charge in [0.1, 0.15) is 11.3 Å². The van der Waals surface area contributed by atoms with E-state index >= 15 is 0 Å². The molecule has 30 heavy (non-hydrogen) atoms. The molecular formula is C24H30N2O4. The van der Waals surface area contributed by atoms with E-state index in [0.29, 0.717) is 18.6 Å². The minimum atomic E-state index is -0.726. The van der Waals surface area contributed by atoms with E-state index in [0.717, 1.165) is 11.3 Å². The first-order chi connectivity index (χ1) is 14.0. The van der Waals surface area contributed by atoms with Gasteiger partial charge >= 0.3 is 6.09 Å². The van der Waals surface area contributed by atoms with Crippen LogP contribution in [0, 0.1) is 0 Å². The molecule has 1 aliphatic heterocycles. The van der Waals surface area contributed by atoms with Gasteiger partial charge in [-0.1, -0.05) is 30.3 Å². The summed E-state index contributed by atoms with van der Waals surface area (Å²) < 4.78 is 11.5. The maximum Gasteiger partial charge on any atom is 0.412 e. The predicted molar refractivity (Wildman–Crippen MR) is 116 cm³/mol. The molecule has 1 saturated heterocycles. The number of anilines is 1. The van der Waals surface area contributed by atoms with Gasteiger partial charge < -0.3 is 14.8 Å². The number of hydrogen-bond acceptors (Lipinski definition) is 4. The Bertz CT molecular complexity index is 886. The predicted octanol–water partition coefficient (Wildman–Crippen LogP) is 4.85. The molecule has 0 aromatic heterocycles. The van der Waals surface area contributed by atoms with Gasteiger partial charge in [-0.05, 0) is 70.9 Å². The second kappa shape index (κ2) is 8.48. The van der Waals surface area contributed by atoms with Gasteiger partial charge in [-0.3, -0.25) is 9.69 Å². The van der Waals surface area contributed by atoms with Crippen LogP contribution in [-0.4, -0.2) is 40.9 Å². The molecule has 0 saturated carbocycles. The van der Waals surface area contributed by atoms with E-state index in [1.807, 2.05) is 77.1 Å².